The molecule has 0 spiro atoms. The van der Waals surface area contributed by atoms with Crippen molar-refractivity contribution < 1.29 is 23.5 Å². The molecule has 0 radical (unpaired) electrons. The lowest BCUT2D eigenvalue weighted by atomic mass is 9.81. The molecule has 1 aromatic heterocycles. The first-order chi connectivity index (χ1) is 13.6. The van der Waals surface area contributed by atoms with Crippen LogP contribution in [-0.4, -0.2) is 34.2 Å². The van der Waals surface area contributed by atoms with E-state index in [-0.39, 0.29) is 43.2 Å². The van der Waals surface area contributed by atoms with Crippen LogP contribution in [-0.2, 0) is 25.7 Å². The molecule has 146 valence electrons. The van der Waals surface area contributed by atoms with E-state index < -0.39 is 5.97 Å². The summed E-state index contributed by atoms with van der Waals surface area (Å²) in [5.41, 5.74) is 0.889. The first kappa shape index (κ1) is 18.4. The molecule has 7 heteroatoms. The van der Waals surface area contributed by atoms with Crippen LogP contribution in [0.25, 0.3) is 11.3 Å². The van der Waals surface area contributed by atoms with Gasteiger partial charge in [-0.2, -0.15) is 0 Å². The van der Waals surface area contributed by atoms with E-state index in [2.05, 4.69) is 4.98 Å². The average Bonchev–Trinajstić information content (AvgIpc) is 3.30. The third-order valence-electron chi connectivity index (χ3n) is 5.44. The number of benzene rings is 1. The van der Waals surface area contributed by atoms with Crippen LogP contribution in [0, 0.1) is 11.8 Å². The zero-order chi connectivity index (χ0) is 19.5. The van der Waals surface area contributed by atoms with Gasteiger partial charge < -0.3 is 9.15 Å². The fourth-order valence-electron chi connectivity index (χ4n) is 3.98. The van der Waals surface area contributed by atoms with Crippen molar-refractivity contribution in [2.24, 2.45) is 11.8 Å². The van der Waals surface area contributed by atoms with Gasteiger partial charge in [-0.3, -0.25) is 19.3 Å². The quantitative estimate of drug-likeness (QED) is 0.564. The number of hydrogen-bond donors (Lipinski definition) is 0. The first-order valence-electron chi connectivity index (χ1n) is 9.64. The van der Waals surface area contributed by atoms with Gasteiger partial charge in [0.1, 0.15) is 0 Å². The summed E-state index contributed by atoms with van der Waals surface area (Å²) in [6, 6.07) is 9.51. The minimum absolute atomic E-state index is 0.0246. The zero-order valence-electron chi connectivity index (χ0n) is 15.5. The van der Waals surface area contributed by atoms with Crippen molar-refractivity contribution in [1.82, 2.24) is 9.88 Å². The zero-order valence-corrected chi connectivity index (χ0v) is 15.5. The summed E-state index contributed by atoms with van der Waals surface area (Å²) in [7, 11) is 0. The van der Waals surface area contributed by atoms with Gasteiger partial charge in [0.2, 0.25) is 17.7 Å². The van der Waals surface area contributed by atoms with Crippen molar-refractivity contribution in [3.8, 4) is 11.3 Å². The Hall–Kier alpha value is -2.96. The number of rotatable bonds is 6. The van der Waals surface area contributed by atoms with E-state index in [9.17, 15) is 14.4 Å². The number of nitrogens with zero attached hydrogens (tertiary/aromatic N) is 2. The van der Waals surface area contributed by atoms with E-state index in [1.165, 1.54) is 4.90 Å². The first-order valence-corrected chi connectivity index (χ1v) is 9.64. The van der Waals surface area contributed by atoms with Crippen LogP contribution in [0.5, 0.6) is 0 Å². The number of imide groups is 1. The van der Waals surface area contributed by atoms with Gasteiger partial charge in [-0.05, 0) is 12.8 Å². The maximum Gasteiger partial charge on any atom is 0.308 e. The Labute approximate surface area is 162 Å². The number of oxazole rings is 1. The van der Waals surface area contributed by atoms with Crippen molar-refractivity contribution >= 4 is 17.8 Å². The lowest BCUT2D eigenvalue weighted by molar-refractivity contribution is -0.147. The smallest absolute Gasteiger partial charge is 0.308 e. The lowest BCUT2D eigenvalue weighted by Gasteiger charge is -2.19. The largest absolute Gasteiger partial charge is 0.456 e. The molecular weight excluding hydrogens is 360 g/mol. The van der Waals surface area contributed by atoms with E-state index in [1.807, 2.05) is 30.3 Å². The minimum atomic E-state index is -0.491. The van der Waals surface area contributed by atoms with Gasteiger partial charge in [0.05, 0.1) is 24.5 Å². The molecule has 1 saturated carbocycles. The van der Waals surface area contributed by atoms with Crippen LogP contribution < -0.4 is 0 Å². The molecule has 0 N–H and O–H groups in total. The fourth-order valence-corrected chi connectivity index (χ4v) is 3.98. The maximum absolute atomic E-state index is 12.4. The van der Waals surface area contributed by atoms with Crippen molar-refractivity contribution in [3.05, 3.63) is 42.4 Å². The molecule has 1 saturated heterocycles. The molecule has 1 aliphatic heterocycles. The molecule has 1 aliphatic carbocycles. The lowest BCUT2D eigenvalue weighted by Crippen LogP contribution is -2.33. The summed E-state index contributed by atoms with van der Waals surface area (Å²) in [4.78, 5) is 42.2. The third kappa shape index (κ3) is 3.69. The van der Waals surface area contributed by atoms with E-state index >= 15 is 0 Å². The normalized spacial score (nSPS) is 21.6. The monoisotopic (exact) mass is 382 g/mol. The van der Waals surface area contributed by atoms with Gasteiger partial charge in [0, 0.05) is 12.1 Å². The van der Waals surface area contributed by atoms with E-state index in [4.69, 9.17) is 9.15 Å². The summed E-state index contributed by atoms with van der Waals surface area (Å²) in [6.07, 6.45) is 5.06. The summed E-state index contributed by atoms with van der Waals surface area (Å²) >= 11 is 0. The Kier molecular flexibility index (Phi) is 5.23. The number of aromatic nitrogens is 1. The predicted octanol–water partition coefficient (Wildman–Crippen LogP) is 2.95. The number of hydrogen-bond acceptors (Lipinski definition) is 6. The molecule has 2 heterocycles. The minimum Gasteiger partial charge on any atom is -0.456 e. The second kappa shape index (κ2) is 7.96. The second-order valence-electron chi connectivity index (χ2n) is 7.22. The third-order valence-corrected chi connectivity index (χ3v) is 5.44. The van der Waals surface area contributed by atoms with Crippen LogP contribution in [0.1, 0.15) is 38.0 Å². The highest BCUT2D eigenvalue weighted by atomic mass is 16.5. The molecule has 2 aromatic rings. The van der Waals surface area contributed by atoms with Crippen LogP contribution in [0.4, 0.5) is 0 Å². The number of ether oxygens (including phenoxy) is 1. The molecule has 1 aromatic carbocycles. The highest BCUT2D eigenvalue weighted by Gasteiger charge is 2.47. The van der Waals surface area contributed by atoms with Crippen LogP contribution in [0.3, 0.4) is 0 Å². The molecule has 2 aliphatic rings. The highest BCUT2D eigenvalue weighted by Crippen LogP contribution is 2.38. The Morgan fingerprint density at radius 3 is 2.46 bits per heavy atom. The predicted molar refractivity (Wildman–Crippen MR) is 98.5 cm³/mol. The molecule has 2 atom stereocenters. The molecule has 4 rings (SSSR count). The molecule has 7 nitrogen and oxygen atoms in total. The molecular formula is C21H22N2O5. The van der Waals surface area contributed by atoms with Gasteiger partial charge in [0.25, 0.3) is 0 Å². The topological polar surface area (TPSA) is 89.7 Å². The van der Waals surface area contributed by atoms with Gasteiger partial charge in [-0.1, -0.05) is 43.2 Å². The number of carbonyl (C=O) groups is 3. The number of likely N-dealkylation sites (tertiary alicyclic amines) is 1. The number of carbonyl (C=O) groups excluding carboxylic acids is 3. The van der Waals surface area contributed by atoms with Crippen molar-refractivity contribution in [3.63, 3.8) is 0 Å². The molecule has 0 unspecified atom stereocenters. The summed E-state index contributed by atoms with van der Waals surface area (Å²) in [5, 5.41) is 0. The number of fused-ring (bicyclic) bond motifs is 1. The Balaban J connectivity index is 1.27. The average molecular weight is 382 g/mol. The number of esters is 1. The van der Waals surface area contributed by atoms with Gasteiger partial charge in [-0.25, -0.2) is 4.98 Å². The van der Waals surface area contributed by atoms with Crippen molar-refractivity contribution in [2.75, 3.05) is 6.54 Å². The summed E-state index contributed by atoms with van der Waals surface area (Å²) in [6.45, 7) is -0.0108. The van der Waals surface area contributed by atoms with Crippen LogP contribution in [0.2, 0.25) is 0 Å². The van der Waals surface area contributed by atoms with Crippen molar-refractivity contribution in [1.29, 1.82) is 0 Å². The standard InChI is InChI=1S/C21H22N2O5/c24-19(10-11-23-20(25)15-8-4-5-9-16(15)21(23)26)27-13-18-22-12-17(28-18)14-6-2-1-3-7-14/h1-3,6-7,12,15-16H,4-5,8-11,13H2/t15-,16-/m0/s1. The fraction of sp³-hybridized carbons (Fsp3) is 0.429. The van der Waals surface area contributed by atoms with Crippen molar-refractivity contribution in [2.45, 2.75) is 38.7 Å². The van der Waals surface area contributed by atoms with Gasteiger partial charge in [-0.15, -0.1) is 0 Å². The maximum atomic E-state index is 12.4. The summed E-state index contributed by atoms with van der Waals surface area (Å²) in [5.74, 6) is -0.253. The Morgan fingerprint density at radius 2 is 1.79 bits per heavy atom. The van der Waals surface area contributed by atoms with Gasteiger partial charge >= 0.3 is 5.97 Å². The van der Waals surface area contributed by atoms with E-state index in [1.54, 1.807) is 6.20 Å². The molecule has 2 amide bonds. The second-order valence-corrected chi connectivity index (χ2v) is 7.22. The van der Waals surface area contributed by atoms with E-state index in [0.717, 1.165) is 31.2 Å². The summed E-state index contributed by atoms with van der Waals surface area (Å²) < 4.78 is 10.8. The Morgan fingerprint density at radius 1 is 1.11 bits per heavy atom. The van der Waals surface area contributed by atoms with Crippen LogP contribution >= 0.6 is 0 Å². The SMILES string of the molecule is O=C(CCN1C(=O)[C@H]2CCCC[C@@H]2C1=O)OCc1ncc(-c2ccccc2)o1. The molecule has 28 heavy (non-hydrogen) atoms. The van der Waals surface area contributed by atoms with Gasteiger partial charge in [0.15, 0.2) is 12.4 Å². The Bertz CT molecular complexity index is 852. The van der Waals surface area contributed by atoms with Crippen LogP contribution in [0.15, 0.2) is 40.9 Å². The number of amides is 2. The highest BCUT2D eigenvalue weighted by molar-refractivity contribution is 6.05. The molecule has 2 fully saturated rings. The van der Waals surface area contributed by atoms with E-state index in [0.29, 0.717) is 11.7 Å². The molecule has 0 bridgehead atoms.